The highest BCUT2D eigenvalue weighted by molar-refractivity contribution is 7.84. The van der Waals surface area contributed by atoms with Crippen LogP contribution in [0.3, 0.4) is 0 Å². The minimum absolute atomic E-state index is 0.286. The Morgan fingerprint density at radius 1 is 1.59 bits per heavy atom. The van der Waals surface area contributed by atoms with Crippen LogP contribution in [0, 0.1) is 0 Å². The van der Waals surface area contributed by atoms with E-state index in [-0.39, 0.29) is 6.04 Å². The molecule has 0 saturated carbocycles. The molecule has 0 aliphatic heterocycles. The third kappa shape index (κ3) is 5.43. The van der Waals surface area contributed by atoms with Crippen LogP contribution in [0.4, 0.5) is 0 Å². The molecule has 1 rings (SSSR count). The summed E-state index contributed by atoms with van der Waals surface area (Å²) in [7, 11) is -0.751. The van der Waals surface area contributed by atoms with Gasteiger partial charge in [-0.25, -0.2) is 4.79 Å². The fourth-order valence-electron chi connectivity index (χ4n) is 1.31. The Kier molecular flexibility index (Phi) is 5.80. The van der Waals surface area contributed by atoms with Gasteiger partial charge in [-0.3, -0.25) is 4.21 Å². The van der Waals surface area contributed by atoms with Gasteiger partial charge in [-0.05, 0) is 25.5 Å². The SMILES string of the molecule is CC(CCS(C)=O)NCc1ccc(C(=O)O)s1. The van der Waals surface area contributed by atoms with E-state index in [1.54, 1.807) is 12.3 Å². The number of nitrogens with one attached hydrogen (secondary N) is 1. The summed E-state index contributed by atoms with van der Waals surface area (Å²) >= 11 is 1.29. The van der Waals surface area contributed by atoms with Gasteiger partial charge in [0.2, 0.25) is 0 Å². The van der Waals surface area contributed by atoms with E-state index in [0.717, 1.165) is 11.3 Å². The second kappa shape index (κ2) is 6.88. The van der Waals surface area contributed by atoms with Crippen LogP contribution in [-0.2, 0) is 17.3 Å². The van der Waals surface area contributed by atoms with Crippen molar-refractivity contribution in [3.63, 3.8) is 0 Å². The van der Waals surface area contributed by atoms with Crippen LogP contribution in [0.1, 0.15) is 27.9 Å². The standard InChI is InChI=1S/C11H17NO3S2/c1-8(5-6-17(2)15)12-7-9-3-4-10(16-9)11(13)14/h3-4,8,12H,5-7H2,1-2H3,(H,13,14). The number of hydrogen-bond donors (Lipinski definition) is 2. The number of aromatic carboxylic acids is 1. The molecule has 4 nitrogen and oxygen atoms in total. The van der Waals surface area contributed by atoms with Gasteiger partial charge in [0.1, 0.15) is 4.88 Å². The van der Waals surface area contributed by atoms with Crippen LogP contribution < -0.4 is 5.32 Å². The molecule has 0 amide bonds. The summed E-state index contributed by atoms with van der Waals surface area (Å²) in [4.78, 5) is 12.1. The summed E-state index contributed by atoms with van der Waals surface area (Å²) in [5.74, 6) is -0.186. The van der Waals surface area contributed by atoms with Gasteiger partial charge in [-0.15, -0.1) is 11.3 Å². The maximum Gasteiger partial charge on any atom is 0.345 e. The molecule has 0 bridgehead atoms. The third-order valence-corrected chi connectivity index (χ3v) is 4.22. The second-order valence-electron chi connectivity index (χ2n) is 3.92. The number of carbonyl (C=O) groups is 1. The second-order valence-corrected chi connectivity index (χ2v) is 6.64. The molecule has 17 heavy (non-hydrogen) atoms. The molecule has 0 spiro atoms. The van der Waals surface area contributed by atoms with Crippen molar-refractivity contribution >= 4 is 28.1 Å². The fourth-order valence-corrected chi connectivity index (χ4v) is 2.79. The van der Waals surface area contributed by atoms with Crippen molar-refractivity contribution in [3.8, 4) is 0 Å². The Bertz CT molecular complexity index is 403. The highest BCUT2D eigenvalue weighted by atomic mass is 32.2. The fraction of sp³-hybridized carbons (Fsp3) is 0.545. The van der Waals surface area contributed by atoms with E-state index in [4.69, 9.17) is 5.11 Å². The molecule has 0 fully saturated rings. The van der Waals surface area contributed by atoms with Crippen molar-refractivity contribution < 1.29 is 14.1 Å². The molecule has 6 heteroatoms. The van der Waals surface area contributed by atoms with Crippen molar-refractivity contribution in [1.29, 1.82) is 0 Å². The Morgan fingerprint density at radius 2 is 2.29 bits per heavy atom. The van der Waals surface area contributed by atoms with Crippen LogP contribution in [0.25, 0.3) is 0 Å². The third-order valence-electron chi connectivity index (χ3n) is 2.34. The van der Waals surface area contributed by atoms with Gasteiger partial charge in [0.25, 0.3) is 0 Å². The molecular formula is C11H17NO3S2. The average Bonchev–Trinajstić information content (AvgIpc) is 2.72. The number of thiophene rings is 1. The van der Waals surface area contributed by atoms with Crippen LogP contribution in [0.2, 0.25) is 0 Å². The summed E-state index contributed by atoms with van der Waals surface area (Å²) < 4.78 is 10.9. The first-order chi connectivity index (χ1) is 7.99. The Balaban J connectivity index is 2.34. The highest BCUT2D eigenvalue weighted by Gasteiger charge is 2.08. The topological polar surface area (TPSA) is 66.4 Å². The largest absolute Gasteiger partial charge is 0.477 e. The zero-order valence-electron chi connectivity index (χ0n) is 9.93. The first-order valence-electron chi connectivity index (χ1n) is 5.34. The zero-order valence-corrected chi connectivity index (χ0v) is 11.6. The van der Waals surface area contributed by atoms with Gasteiger partial charge in [0.05, 0.1) is 0 Å². The molecule has 0 aromatic carbocycles. The lowest BCUT2D eigenvalue weighted by atomic mass is 10.2. The smallest absolute Gasteiger partial charge is 0.345 e. The predicted octanol–water partition coefficient (Wildman–Crippen LogP) is 1.69. The quantitative estimate of drug-likeness (QED) is 0.795. The van der Waals surface area contributed by atoms with Crippen molar-refractivity contribution in [3.05, 3.63) is 21.9 Å². The van der Waals surface area contributed by atoms with Crippen LogP contribution in [0.5, 0.6) is 0 Å². The van der Waals surface area contributed by atoms with Gasteiger partial charge in [0.15, 0.2) is 0 Å². The van der Waals surface area contributed by atoms with Crippen molar-refractivity contribution in [1.82, 2.24) is 5.32 Å². The summed E-state index contributed by atoms with van der Waals surface area (Å²) in [5, 5.41) is 12.1. The summed E-state index contributed by atoms with van der Waals surface area (Å²) in [6, 6.07) is 3.73. The summed E-state index contributed by atoms with van der Waals surface area (Å²) in [5.41, 5.74) is 0. The molecule has 2 unspecified atom stereocenters. The lowest BCUT2D eigenvalue weighted by Crippen LogP contribution is -2.26. The molecule has 1 aromatic rings. The molecule has 0 aliphatic carbocycles. The maximum absolute atomic E-state index is 10.9. The lowest BCUT2D eigenvalue weighted by Gasteiger charge is -2.11. The average molecular weight is 275 g/mol. The van der Waals surface area contributed by atoms with E-state index >= 15 is 0 Å². The lowest BCUT2D eigenvalue weighted by molar-refractivity contribution is 0.0702. The van der Waals surface area contributed by atoms with E-state index in [1.165, 1.54) is 11.3 Å². The van der Waals surface area contributed by atoms with E-state index < -0.39 is 16.8 Å². The minimum atomic E-state index is -0.879. The van der Waals surface area contributed by atoms with Gasteiger partial charge < -0.3 is 10.4 Å². The monoisotopic (exact) mass is 275 g/mol. The van der Waals surface area contributed by atoms with Gasteiger partial charge in [0, 0.05) is 40.3 Å². The van der Waals surface area contributed by atoms with Crippen molar-refractivity contribution in [2.75, 3.05) is 12.0 Å². The first-order valence-corrected chi connectivity index (χ1v) is 7.89. The van der Waals surface area contributed by atoms with Gasteiger partial charge in [-0.2, -0.15) is 0 Å². The predicted molar refractivity (Wildman–Crippen MR) is 71.1 cm³/mol. The number of carboxylic acids is 1. The maximum atomic E-state index is 10.9. The molecule has 2 N–H and O–H groups in total. The van der Waals surface area contributed by atoms with Crippen LogP contribution in [-0.4, -0.2) is 33.3 Å². The molecular weight excluding hydrogens is 258 g/mol. The normalized spacial score (nSPS) is 14.5. The van der Waals surface area contributed by atoms with Crippen molar-refractivity contribution in [2.24, 2.45) is 0 Å². The molecule has 0 aliphatic rings. The van der Waals surface area contributed by atoms with E-state index in [0.29, 0.717) is 17.2 Å². The molecule has 96 valence electrons. The summed E-state index contributed by atoms with van der Waals surface area (Å²) in [6.45, 7) is 2.70. The number of hydrogen-bond acceptors (Lipinski definition) is 4. The first kappa shape index (κ1) is 14.3. The Hall–Kier alpha value is -0.720. The minimum Gasteiger partial charge on any atom is -0.477 e. The summed E-state index contributed by atoms with van der Waals surface area (Å²) in [6.07, 6.45) is 2.56. The van der Waals surface area contributed by atoms with E-state index in [9.17, 15) is 9.00 Å². The van der Waals surface area contributed by atoms with Gasteiger partial charge in [-0.1, -0.05) is 0 Å². The molecule has 1 heterocycles. The van der Waals surface area contributed by atoms with Crippen LogP contribution in [0.15, 0.2) is 12.1 Å². The Labute approximate surface area is 108 Å². The molecule has 0 radical (unpaired) electrons. The Morgan fingerprint density at radius 3 is 2.82 bits per heavy atom. The molecule has 2 atom stereocenters. The van der Waals surface area contributed by atoms with Crippen LogP contribution >= 0.6 is 11.3 Å². The van der Waals surface area contributed by atoms with Gasteiger partial charge >= 0.3 is 5.97 Å². The van der Waals surface area contributed by atoms with E-state index in [1.807, 2.05) is 13.0 Å². The van der Waals surface area contributed by atoms with Crippen molar-refractivity contribution in [2.45, 2.75) is 25.9 Å². The molecule has 0 saturated heterocycles. The highest BCUT2D eigenvalue weighted by Crippen LogP contribution is 2.16. The zero-order chi connectivity index (χ0) is 12.8. The number of carboxylic acid groups (broad SMARTS) is 1. The molecule has 1 aromatic heterocycles. The number of rotatable bonds is 7. The van der Waals surface area contributed by atoms with E-state index in [2.05, 4.69) is 5.32 Å².